The Morgan fingerprint density at radius 3 is 2.62 bits per heavy atom. The summed E-state index contributed by atoms with van der Waals surface area (Å²) in [5, 5.41) is 12.8. The molecule has 1 aromatic carbocycles. The zero-order chi connectivity index (χ0) is 23.5. The molecule has 3 rings (SSSR count). The minimum Gasteiger partial charge on any atom is -0.403 e. The maximum atomic E-state index is 14.9. The number of rotatable bonds is 6. The average Bonchev–Trinajstić information content (AvgIpc) is 2.77. The number of benzene rings is 1. The fraction of sp³-hybridized carbons (Fsp3) is 0.409. The number of hydrogen-bond acceptors (Lipinski definition) is 6. The predicted octanol–water partition coefficient (Wildman–Crippen LogP) is 2.05. The van der Waals surface area contributed by atoms with Crippen molar-refractivity contribution in [3.8, 4) is 0 Å². The molecule has 6 N–H and O–H groups in total. The van der Waals surface area contributed by atoms with Gasteiger partial charge in [0.15, 0.2) is 0 Å². The second-order valence-electron chi connectivity index (χ2n) is 8.06. The van der Waals surface area contributed by atoms with Gasteiger partial charge in [-0.25, -0.2) is 4.39 Å². The molecule has 0 unspecified atom stereocenters. The number of allylic oxidation sites excluding steroid dienone is 1. The highest BCUT2D eigenvalue weighted by atomic mass is 19.3. The number of nitrogens with two attached hydrogens (primary N) is 2. The molecule has 1 fully saturated rings. The van der Waals surface area contributed by atoms with Gasteiger partial charge in [0.2, 0.25) is 0 Å². The molecule has 0 bridgehead atoms. The van der Waals surface area contributed by atoms with E-state index in [9.17, 15) is 18.3 Å². The molecule has 10 heteroatoms. The number of amidine groups is 1. The summed E-state index contributed by atoms with van der Waals surface area (Å²) >= 11 is 0. The van der Waals surface area contributed by atoms with Crippen LogP contribution in [0, 0.1) is 5.82 Å². The van der Waals surface area contributed by atoms with Crippen LogP contribution in [0.2, 0.25) is 0 Å². The van der Waals surface area contributed by atoms with Crippen LogP contribution in [0.4, 0.5) is 13.2 Å². The molecule has 32 heavy (non-hydrogen) atoms. The quantitative estimate of drug-likeness (QED) is 0.389. The predicted molar refractivity (Wildman–Crippen MR) is 116 cm³/mol. The third-order valence-electron chi connectivity index (χ3n) is 5.38. The van der Waals surface area contributed by atoms with E-state index in [0.29, 0.717) is 37.6 Å². The standard InChI is InChI=1S/C22H28F3N5O2/c1-21(2,31)22(24,25)17-5-3-4-14(19(17)23)12-29-20(27)16-10-15(13-28-18(16)11-26)30-6-8-32-9-7-30/h3-5,10-11,13,28,31H,6-9,12,26H2,1-2H3,(H2,27,29)/b18-11+. The zero-order valence-electron chi connectivity index (χ0n) is 18.0. The largest absolute Gasteiger partial charge is 0.403 e. The fourth-order valence-electron chi connectivity index (χ4n) is 3.38. The summed E-state index contributed by atoms with van der Waals surface area (Å²) in [4.78, 5) is 6.32. The first-order valence-corrected chi connectivity index (χ1v) is 10.2. The number of alkyl halides is 2. The van der Waals surface area contributed by atoms with Gasteiger partial charge in [0, 0.05) is 36.6 Å². The molecule has 2 aliphatic rings. The van der Waals surface area contributed by atoms with Crippen LogP contribution in [-0.4, -0.2) is 47.7 Å². The lowest BCUT2D eigenvalue weighted by Gasteiger charge is -2.32. The highest BCUT2D eigenvalue weighted by molar-refractivity contribution is 6.01. The summed E-state index contributed by atoms with van der Waals surface area (Å²) in [5.74, 6) is -4.84. The van der Waals surface area contributed by atoms with Crippen LogP contribution in [0.3, 0.4) is 0 Å². The van der Waals surface area contributed by atoms with Gasteiger partial charge in [-0.1, -0.05) is 12.1 Å². The van der Waals surface area contributed by atoms with Gasteiger partial charge in [0.25, 0.3) is 0 Å². The Kier molecular flexibility index (Phi) is 6.85. The van der Waals surface area contributed by atoms with Crippen LogP contribution in [0.15, 0.2) is 58.6 Å². The lowest BCUT2D eigenvalue weighted by molar-refractivity contribution is -0.170. The number of dihydropyridines is 1. The number of hydrogen-bond donors (Lipinski definition) is 4. The minimum atomic E-state index is -3.79. The molecule has 2 heterocycles. The van der Waals surface area contributed by atoms with E-state index >= 15 is 0 Å². The molecule has 0 saturated carbocycles. The van der Waals surface area contributed by atoms with Crippen LogP contribution >= 0.6 is 0 Å². The number of halogens is 3. The van der Waals surface area contributed by atoms with E-state index in [1.807, 2.05) is 6.08 Å². The number of aliphatic hydroxyl groups is 1. The monoisotopic (exact) mass is 451 g/mol. The SMILES string of the molecule is CC(C)(O)C(F)(F)c1cccc(CN=C(N)C2=CC(N3CCOCC3)=CN/C2=C/N)c1F. The number of aliphatic imine (C=N–C) groups is 1. The molecule has 0 spiro atoms. The van der Waals surface area contributed by atoms with Crippen molar-refractivity contribution < 1.29 is 23.0 Å². The van der Waals surface area contributed by atoms with E-state index in [0.717, 1.165) is 25.6 Å². The van der Waals surface area contributed by atoms with Crippen molar-refractivity contribution in [1.82, 2.24) is 10.2 Å². The molecule has 0 amide bonds. The first-order chi connectivity index (χ1) is 15.1. The Hall–Kier alpha value is -2.98. The summed E-state index contributed by atoms with van der Waals surface area (Å²) in [6.07, 6.45) is 4.95. The van der Waals surface area contributed by atoms with Crippen molar-refractivity contribution in [2.75, 3.05) is 26.3 Å². The molecule has 1 aromatic rings. The van der Waals surface area contributed by atoms with E-state index in [-0.39, 0.29) is 17.9 Å². The van der Waals surface area contributed by atoms with Gasteiger partial charge in [-0.3, -0.25) is 4.99 Å². The van der Waals surface area contributed by atoms with Crippen molar-refractivity contribution in [3.63, 3.8) is 0 Å². The zero-order valence-corrected chi connectivity index (χ0v) is 18.0. The van der Waals surface area contributed by atoms with E-state index in [1.165, 1.54) is 18.3 Å². The third-order valence-corrected chi connectivity index (χ3v) is 5.38. The Morgan fingerprint density at radius 1 is 1.31 bits per heavy atom. The normalized spacial score (nSPS) is 19.5. The summed E-state index contributed by atoms with van der Waals surface area (Å²) in [5.41, 5.74) is 10.3. The molecule has 0 aromatic heterocycles. The number of morpholine rings is 1. The van der Waals surface area contributed by atoms with Gasteiger partial charge < -0.3 is 31.5 Å². The van der Waals surface area contributed by atoms with E-state index in [4.69, 9.17) is 16.2 Å². The molecule has 0 radical (unpaired) electrons. The minimum absolute atomic E-state index is 0.0685. The molecule has 7 nitrogen and oxygen atoms in total. The van der Waals surface area contributed by atoms with Crippen molar-refractivity contribution >= 4 is 5.84 Å². The van der Waals surface area contributed by atoms with Crippen LogP contribution < -0.4 is 16.8 Å². The van der Waals surface area contributed by atoms with Crippen molar-refractivity contribution in [2.45, 2.75) is 31.9 Å². The lowest BCUT2D eigenvalue weighted by atomic mass is 9.92. The van der Waals surface area contributed by atoms with Gasteiger partial charge in [0.05, 0.1) is 36.7 Å². The second kappa shape index (κ2) is 9.25. The lowest BCUT2D eigenvalue weighted by Crippen LogP contribution is -2.41. The van der Waals surface area contributed by atoms with E-state index < -0.39 is 22.9 Å². The van der Waals surface area contributed by atoms with Crippen LogP contribution in [0.1, 0.15) is 25.0 Å². The van der Waals surface area contributed by atoms with Gasteiger partial charge in [0.1, 0.15) is 17.3 Å². The molecule has 1 saturated heterocycles. The van der Waals surface area contributed by atoms with Gasteiger partial charge >= 0.3 is 5.92 Å². The Bertz CT molecular complexity index is 974. The summed E-state index contributed by atoms with van der Waals surface area (Å²) < 4.78 is 49.2. The number of nitrogens with one attached hydrogen (secondary N) is 1. The Morgan fingerprint density at radius 2 is 2.00 bits per heavy atom. The smallest absolute Gasteiger partial charge is 0.303 e. The molecule has 0 aliphatic carbocycles. The van der Waals surface area contributed by atoms with E-state index in [1.54, 1.807) is 6.20 Å². The molecular formula is C22H28F3N5O2. The molecule has 0 atom stereocenters. The van der Waals surface area contributed by atoms with Crippen molar-refractivity contribution in [1.29, 1.82) is 0 Å². The summed E-state index contributed by atoms with van der Waals surface area (Å²) in [7, 11) is 0. The van der Waals surface area contributed by atoms with Crippen LogP contribution in [-0.2, 0) is 17.2 Å². The summed E-state index contributed by atoms with van der Waals surface area (Å²) in [6, 6.07) is 3.60. The average molecular weight is 451 g/mol. The maximum absolute atomic E-state index is 14.9. The second-order valence-corrected chi connectivity index (χ2v) is 8.06. The van der Waals surface area contributed by atoms with Crippen molar-refractivity contribution in [3.05, 3.63) is 70.6 Å². The topological polar surface area (TPSA) is 109 Å². The highest BCUT2D eigenvalue weighted by Gasteiger charge is 2.48. The molecule has 2 aliphatic heterocycles. The number of nitrogens with zero attached hydrogens (tertiary/aromatic N) is 2. The molecule has 174 valence electrons. The Labute approximate surface area is 184 Å². The van der Waals surface area contributed by atoms with Gasteiger partial charge in [-0.15, -0.1) is 0 Å². The van der Waals surface area contributed by atoms with Crippen LogP contribution in [0.5, 0.6) is 0 Å². The molecular weight excluding hydrogens is 423 g/mol. The third kappa shape index (κ3) is 4.76. The maximum Gasteiger partial charge on any atom is 0.303 e. The fourth-order valence-corrected chi connectivity index (χ4v) is 3.38. The number of ether oxygens (including phenoxy) is 1. The highest BCUT2D eigenvalue weighted by Crippen LogP contribution is 2.40. The summed E-state index contributed by atoms with van der Waals surface area (Å²) in [6.45, 7) is 4.23. The van der Waals surface area contributed by atoms with Gasteiger partial charge in [-0.2, -0.15) is 8.78 Å². The Balaban J connectivity index is 1.86. The van der Waals surface area contributed by atoms with Gasteiger partial charge in [-0.05, 0) is 26.0 Å². The first-order valence-electron chi connectivity index (χ1n) is 10.2. The van der Waals surface area contributed by atoms with E-state index in [2.05, 4.69) is 15.2 Å². The van der Waals surface area contributed by atoms with Crippen LogP contribution in [0.25, 0.3) is 0 Å². The first kappa shape index (κ1) is 23.7. The van der Waals surface area contributed by atoms with Crippen molar-refractivity contribution in [2.24, 2.45) is 16.5 Å².